The largest absolute Gasteiger partial charge is 0.497 e. The number of hydrogen-bond acceptors (Lipinski definition) is 5. The summed E-state index contributed by atoms with van der Waals surface area (Å²) in [5, 5.41) is 10.1. The van der Waals surface area contributed by atoms with Crippen molar-refractivity contribution in [3.05, 3.63) is 54.6 Å². The molecule has 2 aromatic rings. The summed E-state index contributed by atoms with van der Waals surface area (Å²) in [7, 11) is 1.59. The van der Waals surface area contributed by atoms with E-state index in [9.17, 15) is 9.90 Å². The SMILES string of the molecule is COc1ccc(OCC(=O)N2C[C@@H](O)[C@H](Oc3ccccc3)C2)cc1. The van der Waals surface area contributed by atoms with Crippen LogP contribution >= 0.6 is 0 Å². The number of β-amino-alcohol motifs (C(OH)–C–C–N with tert-alkyl or cyclic N) is 1. The molecule has 0 bridgehead atoms. The number of carbonyl (C=O) groups excluding carboxylic acids is 1. The lowest BCUT2D eigenvalue weighted by Crippen LogP contribution is -2.34. The van der Waals surface area contributed by atoms with Crippen molar-refractivity contribution < 1.29 is 24.1 Å². The van der Waals surface area contributed by atoms with Crippen molar-refractivity contribution in [2.75, 3.05) is 26.8 Å². The molecule has 132 valence electrons. The van der Waals surface area contributed by atoms with E-state index in [1.165, 1.54) is 0 Å². The summed E-state index contributed by atoms with van der Waals surface area (Å²) < 4.78 is 16.3. The van der Waals surface area contributed by atoms with Gasteiger partial charge < -0.3 is 24.2 Å². The molecule has 1 aliphatic rings. The van der Waals surface area contributed by atoms with Crippen molar-refractivity contribution in [2.24, 2.45) is 0 Å². The summed E-state index contributed by atoms with van der Waals surface area (Å²) in [6, 6.07) is 16.3. The Morgan fingerprint density at radius 3 is 2.40 bits per heavy atom. The Bertz CT molecular complexity index is 689. The van der Waals surface area contributed by atoms with E-state index in [1.807, 2.05) is 30.3 Å². The predicted molar refractivity (Wildman–Crippen MR) is 91.9 cm³/mol. The van der Waals surface area contributed by atoms with Crippen molar-refractivity contribution in [3.63, 3.8) is 0 Å². The lowest BCUT2D eigenvalue weighted by Gasteiger charge is -2.17. The first-order valence-corrected chi connectivity index (χ1v) is 8.10. The average molecular weight is 343 g/mol. The van der Waals surface area contributed by atoms with Gasteiger partial charge in [-0.2, -0.15) is 0 Å². The molecule has 1 amide bonds. The summed E-state index contributed by atoms with van der Waals surface area (Å²) in [5.74, 6) is 1.80. The second kappa shape index (κ2) is 7.90. The Labute approximate surface area is 146 Å². The van der Waals surface area contributed by atoms with Crippen LogP contribution in [0.5, 0.6) is 17.2 Å². The van der Waals surface area contributed by atoms with Gasteiger partial charge in [0.05, 0.1) is 20.2 Å². The van der Waals surface area contributed by atoms with Gasteiger partial charge >= 0.3 is 0 Å². The van der Waals surface area contributed by atoms with E-state index < -0.39 is 12.2 Å². The molecule has 0 unspecified atom stereocenters. The van der Waals surface area contributed by atoms with E-state index in [0.717, 1.165) is 5.75 Å². The number of benzene rings is 2. The molecule has 1 heterocycles. The van der Waals surface area contributed by atoms with Gasteiger partial charge in [0.25, 0.3) is 5.91 Å². The summed E-state index contributed by atoms with van der Waals surface area (Å²) in [6.45, 7) is 0.486. The molecule has 25 heavy (non-hydrogen) atoms. The molecule has 1 aliphatic heterocycles. The Morgan fingerprint density at radius 1 is 1.04 bits per heavy atom. The molecule has 0 aliphatic carbocycles. The van der Waals surface area contributed by atoms with Crippen molar-refractivity contribution in [3.8, 4) is 17.2 Å². The van der Waals surface area contributed by atoms with Gasteiger partial charge in [0.1, 0.15) is 29.5 Å². The third kappa shape index (κ3) is 4.42. The fourth-order valence-electron chi connectivity index (χ4n) is 2.66. The fraction of sp³-hybridized carbons (Fsp3) is 0.316. The van der Waals surface area contributed by atoms with Crippen LogP contribution in [0.3, 0.4) is 0 Å². The van der Waals surface area contributed by atoms with Gasteiger partial charge in [0.2, 0.25) is 0 Å². The number of carbonyl (C=O) groups is 1. The third-order valence-electron chi connectivity index (χ3n) is 4.04. The summed E-state index contributed by atoms with van der Waals surface area (Å²) in [6.07, 6.45) is -1.16. The molecule has 0 saturated carbocycles. The summed E-state index contributed by atoms with van der Waals surface area (Å²) in [5.41, 5.74) is 0. The molecular formula is C19H21NO5. The first-order chi connectivity index (χ1) is 12.2. The first kappa shape index (κ1) is 17.1. The van der Waals surface area contributed by atoms with Gasteiger partial charge in [-0.25, -0.2) is 0 Å². The van der Waals surface area contributed by atoms with Crippen LogP contribution in [-0.4, -0.2) is 54.9 Å². The quantitative estimate of drug-likeness (QED) is 0.865. The van der Waals surface area contributed by atoms with E-state index in [2.05, 4.69) is 0 Å². The van der Waals surface area contributed by atoms with E-state index in [4.69, 9.17) is 14.2 Å². The molecule has 0 radical (unpaired) electrons. The monoisotopic (exact) mass is 343 g/mol. The van der Waals surface area contributed by atoms with Gasteiger partial charge in [-0.1, -0.05) is 18.2 Å². The maximum absolute atomic E-state index is 12.3. The van der Waals surface area contributed by atoms with Crippen molar-refractivity contribution >= 4 is 5.91 Å². The second-order valence-corrected chi connectivity index (χ2v) is 5.80. The summed E-state index contributed by atoms with van der Waals surface area (Å²) >= 11 is 0. The van der Waals surface area contributed by atoms with Crippen LogP contribution in [0.1, 0.15) is 0 Å². The zero-order valence-corrected chi connectivity index (χ0v) is 14.0. The van der Waals surface area contributed by atoms with Gasteiger partial charge in [-0.05, 0) is 36.4 Å². The summed E-state index contributed by atoms with van der Waals surface area (Å²) in [4.78, 5) is 13.9. The van der Waals surface area contributed by atoms with Crippen LogP contribution in [0.25, 0.3) is 0 Å². The third-order valence-corrected chi connectivity index (χ3v) is 4.04. The maximum atomic E-state index is 12.3. The molecule has 3 rings (SSSR count). The number of nitrogens with zero attached hydrogens (tertiary/aromatic N) is 1. The lowest BCUT2D eigenvalue weighted by atomic mass is 10.2. The lowest BCUT2D eigenvalue weighted by molar-refractivity contribution is -0.132. The Kier molecular flexibility index (Phi) is 5.40. The zero-order chi connectivity index (χ0) is 17.6. The highest BCUT2D eigenvalue weighted by atomic mass is 16.5. The molecule has 0 spiro atoms. The van der Waals surface area contributed by atoms with Gasteiger partial charge in [-0.3, -0.25) is 4.79 Å². The Balaban J connectivity index is 1.50. The van der Waals surface area contributed by atoms with Gasteiger partial charge in [-0.15, -0.1) is 0 Å². The number of hydrogen-bond donors (Lipinski definition) is 1. The normalized spacial score (nSPS) is 19.5. The number of amides is 1. The predicted octanol–water partition coefficient (Wildman–Crippen LogP) is 1.72. The number of aliphatic hydroxyl groups is 1. The number of methoxy groups -OCH3 is 1. The topological polar surface area (TPSA) is 68.2 Å². The van der Waals surface area contributed by atoms with Crippen molar-refractivity contribution in [1.82, 2.24) is 4.90 Å². The van der Waals surface area contributed by atoms with E-state index in [1.54, 1.807) is 36.3 Å². The Hall–Kier alpha value is -2.73. The molecule has 1 saturated heterocycles. The molecule has 6 nitrogen and oxygen atoms in total. The van der Waals surface area contributed by atoms with E-state index in [0.29, 0.717) is 18.0 Å². The first-order valence-electron chi connectivity index (χ1n) is 8.10. The van der Waals surface area contributed by atoms with Crippen molar-refractivity contribution in [2.45, 2.75) is 12.2 Å². The van der Waals surface area contributed by atoms with Gasteiger partial charge in [0.15, 0.2) is 6.61 Å². The minimum atomic E-state index is -0.717. The number of aliphatic hydroxyl groups excluding tert-OH is 1. The highest BCUT2D eigenvalue weighted by molar-refractivity contribution is 5.78. The number of ether oxygens (including phenoxy) is 3. The van der Waals surface area contributed by atoms with E-state index >= 15 is 0 Å². The molecule has 2 aromatic carbocycles. The Morgan fingerprint density at radius 2 is 1.72 bits per heavy atom. The molecule has 0 aromatic heterocycles. The molecule has 6 heteroatoms. The molecule has 2 atom stereocenters. The second-order valence-electron chi connectivity index (χ2n) is 5.80. The highest BCUT2D eigenvalue weighted by Crippen LogP contribution is 2.20. The number of para-hydroxylation sites is 1. The minimum Gasteiger partial charge on any atom is -0.497 e. The van der Waals surface area contributed by atoms with Crippen LogP contribution < -0.4 is 14.2 Å². The zero-order valence-electron chi connectivity index (χ0n) is 14.0. The highest BCUT2D eigenvalue weighted by Gasteiger charge is 2.35. The van der Waals surface area contributed by atoms with Crippen LogP contribution in [0, 0.1) is 0 Å². The van der Waals surface area contributed by atoms with Crippen molar-refractivity contribution in [1.29, 1.82) is 0 Å². The molecule has 1 N–H and O–H groups in total. The standard InChI is InChI=1S/C19H21NO5/c1-23-14-7-9-15(10-8-14)24-13-19(22)20-11-17(21)18(12-20)25-16-5-3-2-4-6-16/h2-10,17-18,21H,11-13H2,1H3/t17-,18-/m1/s1. The molecular weight excluding hydrogens is 322 g/mol. The van der Waals surface area contributed by atoms with Crippen LogP contribution in [-0.2, 0) is 4.79 Å². The number of rotatable bonds is 6. The van der Waals surface area contributed by atoms with Crippen LogP contribution in [0.2, 0.25) is 0 Å². The average Bonchev–Trinajstić information content (AvgIpc) is 3.01. The maximum Gasteiger partial charge on any atom is 0.260 e. The van der Waals surface area contributed by atoms with Crippen LogP contribution in [0.15, 0.2) is 54.6 Å². The fourth-order valence-corrected chi connectivity index (χ4v) is 2.66. The number of likely N-dealkylation sites (tertiary alicyclic amines) is 1. The minimum absolute atomic E-state index is 0.0862. The molecule has 1 fully saturated rings. The smallest absolute Gasteiger partial charge is 0.260 e. The van der Waals surface area contributed by atoms with E-state index in [-0.39, 0.29) is 19.1 Å². The van der Waals surface area contributed by atoms with Gasteiger partial charge in [0, 0.05) is 0 Å². The van der Waals surface area contributed by atoms with Crippen LogP contribution in [0.4, 0.5) is 0 Å².